The molecule has 0 spiro atoms. The lowest BCUT2D eigenvalue weighted by Crippen LogP contribution is -2.44. The van der Waals surface area contributed by atoms with Crippen LogP contribution in [0.4, 0.5) is 16.6 Å². The number of anilines is 2. The molecule has 2 aromatic heterocycles. The van der Waals surface area contributed by atoms with Crippen molar-refractivity contribution in [3.63, 3.8) is 0 Å². The predicted octanol–water partition coefficient (Wildman–Crippen LogP) is 4.89. The smallest absolute Gasteiger partial charge is 0.410 e. The molecule has 1 aromatic carbocycles. The van der Waals surface area contributed by atoms with Gasteiger partial charge in [-0.1, -0.05) is 18.2 Å². The zero-order valence-electron chi connectivity index (χ0n) is 22.2. The van der Waals surface area contributed by atoms with Crippen molar-refractivity contribution in [3.05, 3.63) is 48.2 Å². The molecule has 0 radical (unpaired) electrons. The van der Waals surface area contributed by atoms with E-state index < -0.39 is 11.8 Å². The number of nitrogens with zero attached hydrogens (tertiary/aromatic N) is 5. The normalized spacial score (nSPS) is 15.7. The Bertz CT molecular complexity index is 1180. The summed E-state index contributed by atoms with van der Waals surface area (Å²) in [6.45, 7) is 9.45. The molecule has 1 unspecified atom stereocenters. The summed E-state index contributed by atoms with van der Waals surface area (Å²) in [7, 11) is 3.95. The summed E-state index contributed by atoms with van der Waals surface area (Å²) in [5, 5.41) is 3.65. The number of hydrogen-bond acceptors (Lipinski definition) is 7. The average Bonchev–Trinajstić information content (AvgIpc) is 3.19. The van der Waals surface area contributed by atoms with E-state index in [0.29, 0.717) is 19.7 Å². The molecule has 3 aromatic rings. The lowest BCUT2D eigenvalue weighted by Gasteiger charge is -2.34. The monoisotopic (exact) mass is 494 g/mol. The molecule has 194 valence electrons. The zero-order chi connectivity index (χ0) is 25.9. The van der Waals surface area contributed by atoms with E-state index in [1.807, 2.05) is 83.1 Å². The Balaban J connectivity index is 1.60. The van der Waals surface area contributed by atoms with Crippen molar-refractivity contribution < 1.29 is 14.3 Å². The van der Waals surface area contributed by atoms with E-state index in [9.17, 15) is 4.79 Å². The fourth-order valence-electron chi connectivity index (χ4n) is 4.38. The first-order chi connectivity index (χ1) is 17.2. The number of hydrogen-bond donors (Lipinski definition) is 1. The lowest BCUT2D eigenvalue weighted by molar-refractivity contribution is 0.0210. The summed E-state index contributed by atoms with van der Waals surface area (Å²) in [6.07, 6.45) is 0.912. The van der Waals surface area contributed by atoms with Gasteiger partial charge in [-0.05, 0) is 64.8 Å². The highest BCUT2D eigenvalue weighted by Crippen LogP contribution is 2.31. The minimum atomic E-state index is -0.497. The number of amides is 1. The molecular weight excluding hydrogens is 456 g/mol. The molecule has 0 saturated carbocycles. The van der Waals surface area contributed by atoms with Crippen LogP contribution in [-0.2, 0) is 9.47 Å². The number of aromatic nitrogens is 3. The number of pyridine rings is 1. The Morgan fingerprint density at radius 1 is 1.11 bits per heavy atom. The van der Waals surface area contributed by atoms with Crippen LogP contribution in [0.5, 0.6) is 0 Å². The van der Waals surface area contributed by atoms with Gasteiger partial charge in [-0.2, -0.15) is 0 Å². The van der Waals surface area contributed by atoms with E-state index >= 15 is 0 Å². The van der Waals surface area contributed by atoms with Gasteiger partial charge in [0.05, 0.1) is 16.7 Å². The van der Waals surface area contributed by atoms with Gasteiger partial charge < -0.3 is 24.6 Å². The Kier molecular flexibility index (Phi) is 7.68. The molecule has 1 fully saturated rings. The van der Waals surface area contributed by atoms with Crippen molar-refractivity contribution in [2.24, 2.45) is 0 Å². The Hall–Kier alpha value is -3.33. The third-order valence-electron chi connectivity index (χ3n) is 6.10. The van der Waals surface area contributed by atoms with Crippen LogP contribution < -0.4 is 10.2 Å². The third-order valence-corrected chi connectivity index (χ3v) is 6.10. The minimum Gasteiger partial charge on any atom is -0.444 e. The highest BCUT2D eigenvalue weighted by Gasteiger charge is 2.29. The maximum absolute atomic E-state index is 12.5. The van der Waals surface area contributed by atoms with Crippen molar-refractivity contribution in [2.75, 3.05) is 44.0 Å². The highest BCUT2D eigenvalue weighted by atomic mass is 16.6. The van der Waals surface area contributed by atoms with E-state index in [-0.39, 0.29) is 12.1 Å². The first-order valence-electron chi connectivity index (χ1n) is 12.6. The number of nitrogens with one attached hydrogen (secondary N) is 1. The molecule has 1 saturated heterocycles. The van der Waals surface area contributed by atoms with Crippen molar-refractivity contribution in [1.82, 2.24) is 19.4 Å². The van der Waals surface area contributed by atoms with Crippen LogP contribution >= 0.6 is 0 Å². The van der Waals surface area contributed by atoms with Crippen LogP contribution in [0.2, 0.25) is 0 Å². The van der Waals surface area contributed by atoms with Gasteiger partial charge in [0.2, 0.25) is 5.95 Å². The number of rotatable bonds is 7. The molecule has 1 aliphatic rings. The molecule has 0 aliphatic carbocycles. The minimum absolute atomic E-state index is 0.169. The molecule has 1 aliphatic heterocycles. The summed E-state index contributed by atoms with van der Waals surface area (Å²) in [6, 6.07) is 14.2. The SMILES string of the molecule is CCOC(c1cccc(N(C)C)n1)n1c(NC2CCN(C(=O)OC(C)(C)C)CC2)nc2ccccc21. The second-order valence-electron chi connectivity index (χ2n) is 10.3. The van der Waals surface area contributed by atoms with Gasteiger partial charge in [-0.15, -0.1) is 0 Å². The first kappa shape index (κ1) is 25.8. The number of benzene rings is 1. The Labute approximate surface area is 213 Å². The van der Waals surface area contributed by atoms with E-state index in [1.54, 1.807) is 4.90 Å². The number of carbonyl (C=O) groups is 1. The second kappa shape index (κ2) is 10.7. The molecule has 3 heterocycles. The number of para-hydroxylation sites is 2. The van der Waals surface area contributed by atoms with E-state index in [4.69, 9.17) is 19.4 Å². The summed E-state index contributed by atoms with van der Waals surface area (Å²) >= 11 is 0. The maximum atomic E-state index is 12.5. The van der Waals surface area contributed by atoms with Crippen LogP contribution in [0.15, 0.2) is 42.5 Å². The van der Waals surface area contributed by atoms with Crippen molar-refractivity contribution in [3.8, 4) is 0 Å². The molecule has 36 heavy (non-hydrogen) atoms. The van der Waals surface area contributed by atoms with Crippen molar-refractivity contribution in [2.45, 2.75) is 58.4 Å². The van der Waals surface area contributed by atoms with Crippen LogP contribution in [0.25, 0.3) is 11.0 Å². The van der Waals surface area contributed by atoms with E-state index in [0.717, 1.165) is 41.3 Å². The number of carbonyl (C=O) groups excluding carboxylic acids is 1. The number of piperidine rings is 1. The van der Waals surface area contributed by atoms with Crippen molar-refractivity contribution >= 4 is 28.9 Å². The van der Waals surface area contributed by atoms with Gasteiger partial charge in [0, 0.05) is 39.8 Å². The maximum Gasteiger partial charge on any atom is 0.410 e. The summed E-state index contributed by atoms with van der Waals surface area (Å²) < 4.78 is 13.9. The second-order valence-corrected chi connectivity index (χ2v) is 10.3. The Morgan fingerprint density at radius 2 is 1.83 bits per heavy atom. The fourth-order valence-corrected chi connectivity index (χ4v) is 4.38. The van der Waals surface area contributed by atoms with E-state index in [1.165, 1.54) is 0 Å². The number of imidazole rings is 1. The third kappa shape index (κ3) is 5.90. The molecule has 9 heteroatoms. The van der Waals surface area contributed by atoms with Crippen LogP contribution in [0, 0.1) is 0 Å². The summed E-state index contributed by atoms with van der Waals surface area (Å²) in [5.41, 5.74) is 2.18. The number of likely N-dealkylation sites (tertiary alicyclic amines) is 1. The quantitative estimate of drug-likeness (QED) is 0.500. The fraction of sp³-hybridized carbons (Fsp3) is 0.519. The van der Waals surface area contributed by atoms with Gasteiger partial charge in [-0.3, -0.25) is 4.57 Å². The van der Waals surface area contributed by atoms with Crippen LogP contribution in [0.3, 0.4) is 0 Å². The van der Waals surface area contributed by atoms with Gasteiger partial charge in [0.1, 0.15) is 11.4 Å². The largest absolute Gasteiger partial charge is 0.444 e. The summed E-state index contributed by atoms with van der Waals surface area (Å²) in [4.78, 5) is 26.0. The van der Waals surface area contributed by atoms with Gasteiger partial charge in [0.15, 0.2) is 6.23 Å². The molecule has 1 amide bonds. The zero-order valence-corrected chi connectivity index (χ0v) is 22.2. The molecular formula is C27H38N6O3. The van der Waals surface area contributed by atoms with Crippen LogP contribution in [-0.4, -0.2) is 71.0 Å². The molecule has 9 nitrogen and oxygen atoms in total. The average molecular weight is 495 g/mol. The molecule has 1 atom stereocenters. The number of fused-ring (bicyclic) bond motifs is 1. The lowest BCUT2D eigenvalue weighted by atomic mass is 10.1. The standard InChI is InChI=1S/C27H38N6O3/c1-7-35-24(21-12-10-14-23(29-21)31(5)6)33-22-13-9-8-11-20(22)30-25(33)28-19-15-17-32(18-16-19)26(34)36-27(2,3)4/h8-14,19,24H,7,15-18H2,1-6H3,(H,28,30). The first-order valence-corrected chi connectivity index (χ1v) is 12.6. The topological polar surface area (TPSA) is 84.8 Å². The molecule has 0 bridgehead atoms. The van der Waals surface area contributed by atoms with Gasteiger partial charge in [-0.25, -0.2) is 14.8 Å². The highest BCUT2D eigenvalue weighted by molar-refractivity contribution is 5.79. The van der Waals surface area contributed by atoms with Crippen LogP contribution in [0.1, 0.15) is 52.5 Å². The predicted molar refractivity (Wildman–Crippen MR) is 143 cm³/mol. The molecule has 4 rings (SSSR count). The Morgan fingerprint density at radius 3 is 2.50 bits per heavy atom. The number of ether oxygens (including phenoxy) is 2. The molecule has 1 N–H and O–H groups in total. The van der Waals surface area contributed by atoms with E-state index in [2.05, 4.69) is 16.0 Å². The summed E-state index contributed by atoms with van der Waals surface area (Å²) in [5.74, 6) is 1.60. The van der Waals surface area contributed by atoms with Gasteiger partial charge >= 0.3 is 6.09 Å². The van der Waals surface area contributed by atoms with Gasteiger partial charge in [0.25, 0.3) is 0 Å². The van der Waals surface area contributed by atoms with Crippen molar-refractivity contribution in [1.29, 1.82) is 0 Å².